The number of nitrogens with one attached hydrogen (secondary N) is 1. The van der Waals surface area contributed by atoms with Crippen molar-refractivity contribution in [2.75, 3.05) is 12.3 Å². The van der Waals surface area contributed by atoms with Gasteiger partial charge in [-0.15, -0.1) is 22.7 Å². The summed E-state index contributed by atoms with van der Waals surface area (Å²) in [5.41, 5.74) is 1.59. The summed E-state index contributed by atoms with van der Waals surface area (Å²) in [6.07, 6.45) is 3.55. The van der Waals surface area contributed by atoms with E-state index in [9.17, 15) is 0 Å². The van der Waals surface area contributed by atoms with E-state index in [1.807, 2.05) is 22.7 Å². The predicted octanol–water partition coefficient (Wildman–Crippen LogP) is 5.64. The van der Waals surface area contributed by atoms with Crippen LogP contribution in [0.5, 0.6) is 0 Å². The Kier molecular flexibility index (Phi) is 5.85. The van der Waals surface area contributed by atoms with E-state index in [0.29, 0.717) is 6.04 Å². The fourth-order valence-electron chi connectivity index (χ4n) is 2.60. The minimum atomic E-state index is 0.469. The fraction of sp³-hybridized carbons (Fsp3) is 0.500. The van der Waals surface area contributed by atoms with Crippen molar-refractivity contribution in [2.45, 2.75) is 38.0 Å². The van der Waals surface area contributed by atoms with Crippen LogP contribution in [-0.2, 0) is 18.6 Å². The van der Waals surface area contributed by atoms with Crippen LogP contribution in [0.1, 0.15) is 39.6 Å². The molecular weight excluding hydrogens is 382 g/mol. The average molecular weight is 402 g/mol. The van der Waals surface area contributed by atoms with E-state index in [0.717, 1.165) is 13.0 Å². The molecule has 2 aromatic rings. The van der Waals surface area contributed by atoms with Gasteiger partial charge in [0.15, 0.2) is 0 Å². The van der Waals surface area contributed by atoms with Gasteiger partial charge in [0.25, 0.3) is 0 Å². The largest absolute Gasteiger partial charge is 0.309 e. The summed E-state index contributed by atoms with van der Waals surface area (Å²) in [6.45, 7) is 3.33. The normalized spacial score (nSPS) is 15.9. The van der Waals surface area contributed by atoms with Crippen LogP contribution in [0.2, 0.25) is 0 Å². The van der Waals surface area contributed by atoms with Crippen LogP contribution in [0.15, 0.2) is 22.0 Å². The molecule has 0 saturated heterocycles. The quantitative estimate of drug-likeness (QED) is 0.671. The first-order valence-corrected chi connectivity index (χ1v) is 11.0. The molecule has 1 aliphatic rings. The van der Waals surface area contributed by atoms with Gasteiger partial charge in [0.1, 0.15) is 0 Å². The highest BCUT2D eigenvalue weighted by molar-refractivity contribution is 9.11. The second-order valence-corrected chi connectivity index (χ2v) is 10.1. The monoisotopic (exact) mass is 401 g/mol. The molecule has 1 atom stereocenters. The molecule has 0 spiro atoms. The number of thioether (sulfide) groups is 1. The van der Waals surface area contributed by atoms with Crippen LogP contribution in [0.4, 0.5) is 0 Å². The minimum absolute atomic E-state index is 0.469. The van der Waals surface area contributed by atoms with Crippen LogP contribution < -0.4 is 5.32 Å². The summed E-state index contributed by atoms with van der Waals surface area (Å²) in [6, 6.07) is 7.34. The third kappa shape index (κ3) is 4.14. The molecule has 0 radical (unpaired) electrons. The van der Waals surface area contributed by atoms with E-state index < -0.39 is 0 Å². The lowest BCUT2D eigenvalue weighted by Gasteiger charge is -2.16. The average Bonchev–Trinajstić information content (AvgIpc) is 3.09. The third-order valence-electron chi connectivity index (χ3n) is 3.67. The van der Waals surface area contributed by atoms with Gasteiger partial charge in [0, 0.05) is 32.8 Å². The van der Waals surface area contributed by atoms with E-state index in [4.69, 9.17) is 0 Å². The molecule has 114 valence electrons. The van der Waals surface area contributed by atoms with Crippen LogP contribution >= 0.6 is 50.4 Å². The number of hydrogen-bond acceptors (Lipinski definition) is 4. The van der Waals surface area contributed by atoms with Crippen LogP contribution in [0.25, 0.3) is 0 Å². The summed E-state index contributed by atoms with van der Waals surface area (Å²) in [7, 11) is 0. The number of hydrogen-bond donors (Lipinski definition) is 1. The van der Waals surface area contributed by atoms with E-state index >= 15 is 0 Å². The Morgan fingerprint density at radius 3 is 2.95 bits per heavy atom. The smallest absolute Gasteiger partial charge is 0.0701 e. The molecule has 2 aromatic heterocycles. The molecule has 0 amide bonds. The molecule has 0 aromatic carbocycles. The molecule has 1 aliphatic heterocycles. The summed E-state index contributed by atoms with van der Waals surface area (Å²) in [5.74, 6) is 2.49. The summed E-state index contributed by atoms with van der Waals surface area (Å²) in [5, 5.41) is 3.75. The second-order valence-electron chi connectivity index (χ2n) is 5.32. The molecule has 0 bridgehead atoms. The summed E-state index contributed by atoms with van der Waals surface area (Å²) < 4.78 is 1.23. The Hall–Kier alpha value is 0.190. The molecule has 1 nitrogen and oxygen atoms in total. The van der Waals surface area contributed by atoms with E-state index in [1.165, 1.54) is 37.9 Å². The van der Waals surface area contributed by atoms with Crippen molar-refractivity contribution in [1.82, 2.24) is 5.32 Å². The van der Waals surface area contributed by atoms with Gasteiger partial charge in [-0.1, -0.05) is 6.92 Å². The van der Waals surface area contributed by atoms with Gasteiger partial charge < -0.3 is 5.32 Å². The standard InChI is InChI=1S/C16H20BrNS3/c1-2-6-18-13(9-12-3-4-16(17)20-12)15-8-11-10-19-7-5-14(11)21-15/h3-4,8,13,18H,2,5-7,9-10H2,1H3. The van der Waals surface area contributed by atoms with Gasteiger partial charge in [-0.3, -0.25) is 0 Å². The van der Waals surface area contributed by atoms with Crippen molar-refractivity contribution < 1.29 is 0 Å². The van der Waals surface area contributed by atoms with Crippen molar-refractivity contribution in [3.05, 3.63) is 42.2 Å². The van der Waals surface area contributed by atoms with Gasteiger partial charge in [-0.05, 0) is 64.8 Å². The number of fused-ring (bicyclic) bond motifs is 1. The van der Waals surface area contributed by atoms with Crippen molar-refractivity contribution in [1.29, 1.82) is 0 Å². The highest BCUT2D eigenvalue weighted by Crippen LogP contribution is 2.36. The van der Waals surface area contributed by atoms with E-state index in [-0.39, 0.29) is 0 Å². The molecule has 3 rings (SSSR count). The van der Waals surface area contributed by atoms with Crippen LogP contribution in [-0.4, -0.2) is 12.3 Å². The Labute approximate surface area is 147 Å². The predicted molar refractivity (Wildman–Crippen MR) is 101 cm³/mol. The van der Waals surface area contributed by atoms with E-state index in [2.05, 4.69) is 58.1 Å². The zero-order valence-corrected chi connectivity index (χ0v) is 16.2. The third-order valence-corrected chi connectivity index (χ3v) is 7.67. The number of rotatable bonds is 6. The van der Waals surface area contributed by atoms with Crippen LogP contribution in [0.3, 0.4) is 0 Å². The molecular formula is C16H20BrNS3. The molecule has 1 unspecified atom stereocenters. The summed E-state index contributed by atoms with van der Waals surface area (Å²) in [4.78, 5) is 4.61. The Balaban J connectivity index is 1.79. The van der Waals surface area contributed by atoms with E-state index in [1.54, 1.807) is 10.4 Å². The van der Waals surface area contributed by atoms with Gasteiger partial charge in [0.2, 0.25) is 0 Å². The van der Waals surface area contributed by atoms with Crippen molar-refractivity contribution >= 4 is 50.4 Å². The highest BCUT2D eigenvalue weighted by atomic mass is 79.9. The fourth-order valence-corrected chi connectivity index (χ4v) is 6.58. The SMILES string of the molecule is CCCNC(Cc1ccc(Br)s1)c1cc2c(s1)CCSC2. The topological polar surface area (TPSA) is 12.0 Å². The number of thiophene rings is 2. The molecule has 0 aliphatic carbocycles. The molecule has 21 heavy (non-hydrogen) atoms. The Morgan fingerprint density at radius 2 is 2.24 bits per heavy atom. The first kappa shape index (κ1) is 16.1. The second kappa shape index (κ2) is 7.64. The Bertz CT molecular complexity index is 567. The molecule has 3 heterocycles. The Morgan fingerprint density at radius 1 is 1.33 bits per heavy atom. The zero-order valence-electron chi connectivity index (χ0n) is 12.2. The summed E-state index contributed by atoms with van der Waals surface area (Å²) >= 11 is 9.54. The maximum Gasteiger partial charge on any atom is 0.0701 e. The lowest BCUT2D eigenvalue weighted by atomic mass is 10.1. The minimum Gasteiger partial charge on any atom is -0.309 e. The van der Waals surface area contributed by atoms with Gasteiger partial charge in [-0.25, -0.2) is 0 Å². The van der Waals surface area contributed by atoms with Crippen molar-refractivity contribution in [3.8, 4) is 0 Å². The number of aryl methyl sites for hydroxylation is 1. The lowest BCUT2D eigenvalue weighted by Crippen LogP contribution is -2.23. The maximum atomic E-state index is 3.75. The number of halogens is 1. The highest BCUT2D eigenvalue weighted by Gasteiger charge is 2.20. The first-order valence-electron chi connectivity index (χ1n) is 7.43. The molecule has 0 saturated carbocycles. The van der Waals surface area contributed by atoms with Crippen LogP contribution in [0, 0.1) is 0 Å². The molecule has 5 heteroatoms. The van der Waals surface area contributed by atoms with Gasteiger partial charge in [-0.2, -0.15) is 11.8 Å². The van der Waals surface area contributed by atoms with Gasteiger partial charge >= 0.3 is 0 Å². The maximum absolute atomic E-state index is 3.75. The molecule has 1 N–H and O–H groups in total. The van der Waals surface area contributed by atoms with Crippen molar-refractivity contribution in [3.63, 3.8) is 0 Å². The van der Waals surface area contributed by atoms with Crippen molar-refractivity contribution in [2.24, 2.45) is 0 Å². The zero-order chi connectivity index (χ0) is 14.7. The lowest BCUT2D eigenvalue weighted by molar-refractivity contribution is 0.539. The first-order chi connectivity index (χ1) is 10.3. The molecule has 0 fully saturated rings. The van der Waals surface area contributed by atoms with Gasteiger partial charge in [0.05, 0.1) is 3.79 Å².